The van der Waals surface area contributed by atoms with Crippen molar-refractivity contribution in [3.63, 3.8) is 0 Å². The minimum atomic E-state index is -0.455. The van der Waals surface area contributed by atoms with E-state index in [1.165, 1.54) is 0 Å². The van der Waals surface area contributed by atoms with Crippen molar-refractivity contribution < 1.29 is 9.84 Å². The third-order valence-corrected chi connectivity index (χ3v) is 2.01. The average molecular weight is 204 g/mol. The number of hydrogen-bond acceptors (Lipinski definition) is 2. The third-order valence-electron chi connectivity index (χ3n) is 2.01. The minimum absolute atomic E-state index is 0.455. The molecule has 1 atom stereocenters. The number of hydrogen-bond donors (Lipinski definition) is 1. The maximum Gasteiger partial charge on any atom is 0.119 e. The first kappa shape index (κ1) is 11.6. The highest BCUT2D eigenvalue weighted by molar-refractivity contribution is 5.29. The largest absolute Gasteiger partial charge is 0.493 e. The molecule has 0 aliphatic heterocycles. The van der Waals surface area contributed by atoms with Crippen molar-refractivity contribution >= 4 is 0 Å². The highest BCUT2D eigenvalue weighted by atomic mass is 16.5. The smallest absolute Gasteiger partial charge is 0.119 e. The second kappa shape index (κ2) is 6.10. The zero-order valence-corrected chi connectivity index (χ0v) is 9.16. The summed E-state index contributed by atoms with van der Waals surface area (Å²) in [5, 5.41) is 9.38. The molecule has 1 N–H and O–H groups in total. The first-order valence-electron chi connectivity index (χ1n) is 5.04. The maximum absolute atomic E-state index is 9.38. The summed E-state index contributed by atoms with van der Waals surface area (Å²) >= 11 is 0. The standard InChI is InChI=1S/C13H16O2/c1-3-4-5-9-15-13-8-6-7-12(10-13)11(2)14/h6-8,10-11,14H,5,9H2,1-2H3/t11-/m1/s1. The molecular formula is C13H16O2. The van der Waals surface area contributed by atoms with Crippen LogP contribution in [0.1, 0.15) is 31.9 Å². The Bertz CT molecular complexity index is 358. The van der Waals surface area contributed by atoms with E-state index in [0.29, 0.717) is 6.61 Å². The number of rotatable bonds is 4. The molecule has 1 rings (SSSR count). The molecule has 0 aliphatic rings. The average Bonchev–Trinajstić information content (AvgIpc) is 2.25. The lowest BCUT2D eigenvalue weighted by atomic mass is 10.1. The van der Waals surface area contributed by atoms with Gasteiger partial charge in [-0.3, -0.25) is 0 Å². The molecule has 0 heterocycles. The van der Waals surface area contributed by atoms with Gasteiger partial charge in [-0.25, -0.2) is 0 Å². The van der Waals surface area contributed by atoms with Gasteiger partial charge in [0, 0.05) is 6.42 Å². The third kappa shape index (κ3) is 4.05. The lowest BCUT2D eigenvalue weighted by Crippen LogP contribution is -1.97. The number of benzene rings is 1. The lowest BCUT2D eigenvalue weighted by Gasteiger charge is -2.08. The molecule has 2 heteroatoms. The predicted octanol–water partition coefficient (Wildman–Crippen LogP) is 2.53. The number of aliphatic hydroxyl groups is 1. The minimum Gasteiger partial charge on any atom is -0.493 e. The first-order chi connectivity index (χ1) is 7.24. The van der Waals surface area contributed by atoms with Crippen molar-refractivity contribution in [2.45, 2.75) is 26.4 Å². The quantitative estimate of drug-likeness (QED) is 0.603. The van der Waals surface area contributed by atoms with Crippen LogP contribution in [0.4, 0.5) is 0 Å². The van der Waals surface area contributed by atoms with Gasteiger partial charge in [0.15, 0.2) is 0 Å². The van der Waals surface area contributed by atoms with E-state index < -0.39 is 6.10 Å². The van der Waals surface area contributed by atoms with Crippen LogP contribution in [0.25, 0.3) is 0 Å². The molecule has 0 spiro atoms. The summed E-state index contributed by atoms with van der Waals surface area (Å²) in [6.07, 6.45) is 0.277. The molecule has 15 heavy (non-hydrogen) atoms. The predicted molar refractivity (Wildman–Crippen MR) is 60.6 cm³/mol. The Hall–Kier alpha value is -1.46. The summed E-state index contributed by atoms with van der Waals surface area (Å²) in [5.74, 6) is 6.53. The highest BCUT2D eigenvalue weighted by Gasteiger charge is 2.01. The van der Waals surface area contributed by atoms with Gasteiger partial charge in [-0.2, -0.15) is 0 Å². The normalized spacial score (nSPS) is 11.4. The van der Waals surface area contributed by atoms with Crippen LogP contribution in [0.15, 0.2) is 24.3 Å². The number of aliphatic hydroxyl groups excluding tert-OH is 1. The molecule has 80 valence electrons. The maximum atomic E-state index is 9.38. The fourth-order valence-corrected chi connectivity index (χ4v) is 1.21. The van der Waals surface area contributed by atoms with Gasteiger partial charge in [0.1, 0.15) is 5.75 Å². The van der Waals surface area contributed by atoms with E-state index in [1.54, 1.807) is 6.92 Å². The summed E-state index contributed by atoms with van der Waals surface area (Å²) in [7, 11) is 0. The fraction of sp³-hybridized carbons (Fsp3) is 0.385. The van der Waals surface area contributed by atoms with E-state index >= 15 is 0 Å². The van der Waals surface area contributed by atoms with Crippen molar-refractivity contribution in [1.29, 1.82) is 0 Å². The summed E-state index contributed by atoms with van der Waals surface area (Å²) in [6, 6.07) is 7.49. The Morgan fingerprint density at radius 2 is 2.27 bits per heavy atom. The van der Waals surface area contributed by atoms with Gasteiger partial charge in [0.25, 0.3) is 0 Å². The second-order valence-electron chi connectivity index (χ2n) is 3.27. The van der Waals surface area contributed by atoms with Crippen LogP contribution in [0.5, 0.6) is 5.75 Å². The van der Waals surface area contributed by atoms with Gasteiger partial charge in [0.05, 0.1) is 12.7 Å². The molecule has 0 bridgehead atoms. The van der Waals surface area contributed by atoms with Crippen molar-refractivity contribution in [3.05, 3.63) is 29.8 Å². The van der Waals surface area contributed by atoms with Crippen molar-refractivity contribution in [1.82, 2.24) is 0 Å². The van der Waals surface area contributed by atoms with Crippen molar-refractivity contribution in [2.75, 3.05) is 6.61 Å². The molecule has 0 amide bonds. The van der Waals surface area contributed by atoms with Crippen LogP contribution in [-0.4, -0.2) is 11.7 Å². The van der Waals surface area contributed by atoms with Crippen molar-refractivity contribution in [2.24, 2.45) is 0 Å². The zero-order chi connectivity index (χ0) is 11.1. The Morgan fingerprint density at radius 1 is 1.47 bits per heavy atom. The van der Waals surface area contributed by atoms with Crippen LogP contribution in [0.2, 0.25) is 0 Å². The van der Waals surface area contributed by atoms with E-state index in [0.717, 1.165) is 17.7 Å². The number of ether oxygens (including phenoxy) is 1. The SMILES string of the molecule is CC#CCCOc1cccc([C@@H](C)O)c1. The van der Waals surface area contributed by atoms with Gasteiger partial charge in [0.2, 0.25) is 0 Å². The molecule has 1 aromatic carbocycles. The van der Waals surface area contributed by atoms with Gasteiger partial charge in [-0.1, -0.05) is 12.1 Å². The molecule has 2 nitrogen and oxygen atoms in total. The van der Waals surface area contributed by atoms with E-state index in [1.807, 2.05) is 31.2 Å². The fourth-order valence-electron chi connectivity index (χ4n) is 1.21. The van der Waals surface area contributed by atoms with E-state index in [2.05, 4.69) is 11.8 Å². The van der Waals surface area contributed by atoms with E-state index in [9.17, 15) is 5.11 Å². The molecule has 0 unspecified atom stereocenters. The molecule has 0 radical (unpaired) electrons. The molecule has 1 aromatic rings. The Balaban J connectivity index is 2.53. The summed E-state index contributed by atoms with van der Waals surface area (Å²) in [4.78, 5) is 0. The molecular weight excluding hydrogens is 188 g/mol. The highest BCUT2D eigenvalue weighted by Crippen LogP contribution is 2.18. The Morgan fingerprint density at radius 3 is 2.93 bits per heavy atom. The Kier molecular flexibility index (Phi) is 4.73. The monoisotopic (exact) mass is 204 g/mol. The molecule has 0 saturated heterocycles. The van der Waals surface area contributed by atoms with Gasteiger partial charge < -0.3 is 9.84 Å². The van der Waals surface area contributed by atoms with Gasteiger partial charge in [-0.15, -0.1) is 11.8 Å². The summed E-state index contributed by atoms with van der Waals surface area (Å²) < 4.78 is 5.49. The van der Waals surface area contributed by atoms with Crippen LogP contribution in [-0.2, 0) is 0 Å². The topological polar surface area (TPSA) is 29.5 Å². The van der Waals surface area contributed by atoms with E-state index in [-0.39, 0.29) is 0 Å². The second-order valence-corrected chi connectivity index (χ2v) is 3.27. The van der Waals surface area contributed by atoms with Gasteiger partial charge >= 0.3 is 0 Å². The van der Waals surface area contributed by atoms with Crippen molar-refractivity contribution in [3.8, 4) is 17.6 Å². The molecule has 0 aliphatic carbocycles. The Labute approximate surface area is 90.9 Å². The van der Waals surface area contributed by atoms with Crippen LogP contribution in [0.3, 0.4) is 0 Å². The van der Waals surface area contributed by atoms with Crippen LogP contribution in [0, 0.1) is 11.8 Å². The van der Waals surface area contributed by atoms with E-state index in [4.69, 9.17) is 4.74 Å². The first-order valence-corrected chi connectivity index (χ1v) is 5.04. The van der Waals surface area contributed by atoms with Crippen LogP contribution >= 0.6 is 0 Å². The van der Waals surface area contributed by atoms with Gasteiger partial charge in [-0.05, 0) is 31.5 Å². The lowest BCUT2D eigenvalue weighted by molar-refractivity contribution is 0.198. The molecule has 0 fully saturated rings. The molecule has 0 saturated carbocycles. The molecule has 0 aromatic heterocycles. The van der Waals surface area contributed by atoms with Crippen LogP contribution < -0.4 is 4.74 Å². The summed E-state index contributed by atoms with van der Waals surface area (Å²) in [6.45, 7) is 4.14. The summed E-state index contributed by atoms with van der Waals surface area (Å²) in [5.41, 5.74) is 0.870. The zero-order valence-electron chi connectivity index (χ0n) is 9.16.